The molecule has 32 heavy (non-hydrogen) atoms. The molecule has 1 aromatic heterocycles. The van der Waals surface area contributed by atoms with Gasteiger partial charge in [-0.05, 0) is 41.8 Å². The fourth-order valence-electron chi connectivity index (χ4n) is 3.12. The van der Waals surface area contributed by atoms with Gasteiger partial charge in [-0.3, -0.25) is 9.78 Å². The van der Waals surface area contributed by atoms with Crippen LogP contribution in [0, 0.1) is 0 Å². The minimum absolute atomic E-state index is 0.00729. The Labute approximate surface area is 188 Å². The first-order valence-electron chi connectivity index (χ1n) is 9.50. The summed E-state index contributed by atoms with van der Waals surface area (Å²) in [6.07, 6.45) is 0.899. The number of amides is 1. The number of hydrogen-bond acceptors (Lipinski definition) is 5. The van der Waals surface area contributed by atoms with Gasteiger partial charge in [0.2, 0.25) is 0 Å². The van der Waals surface area contributed by atoms with Crippen LogP contribution < -0.4 is 5.32 Å². The van der Waals surface area contributed by atoms with Crippen LogP contribution in [0.3, 0.4) is 0 Å². The number of hydrogen-bond donors (Lipinski definition) is 4. The highest BCUT2D eigenvalue weighted by Crippen LogP contribution is 2.22. The second-order valence-electron chi connectivity index (χ2n) is 7.01. The lowest BCUT2D eigenvalue weighted by molar-refractivity contribution is -0.148. The van der Waals surface area contributed by atoms with Crippen molar-refractivity contribution in [1.29, 1.82) is 0 Å². The highest BCUT2D eigenvalue weighted by molar-refractivity contribution is 6.31. The molecule has 1 amide bonds. The number of halogens is 1. The van der Waals surface area contributed by atoms with Crippen LogP contribution in [0.1, 0.15) is 26.3 Å². The fraction of sp³-hybridized carbons (Fsp3) is 0.130. The Hall–Kier alpha value is -3.75. The number of benzene rings is 2. The molecule has 0 aliphatic heterocycles. The summed E-state index contributed by atoms with van der Waals surface area (Å²) in [4.78, 5) is 39.4. The number of aliphatic hydroxyl groups is 1. The van der Waals surface area contributed by atoms with Crippen molar-refractivity contribution in [2.45, 2.75) is 18.6 Å². The third kappa shape index (κ3) is 5.48. The van der Waals surface area contributed by atoms with Gasteiger partial charge in [0.05, 0.1) is 17.2 Å². The lowest BCUT2D eigenvalue weighted by atomic mass is 10.00. The molecule has 0 radical (unpaired) electrons. The average Bonchev–Trinajstić information content (AvgIpc) is 2.79. The summed E-state index contributed by atoms with van der Waals surface area (Å²) >= 11 is 6.14. The van der Waals surface area contributed by atoms with Gasteiger partial charge >= 0.3 is 11.9 Å². The van der Waals surface area contributed by atoms with E-state index in [2.05, 4.69) is 10.3 Å². The fourth-order valence-corrected chi connectivity index (χ4v) is 3.33. The first-order valence-corrected chi connectivity index (χ1v) is 9.88. The Morgan fingerprint density at radius 3 is 2.34 bits per heavy atom. The van der Waals surface area contributed by atoms with Gasteiger partial charge in [0.1, 0.15) is 0 Å². The highest BCUT2D eigenvalue weighted by atomic mass is 35.5. The maximum absolute atomic E-state index is 12.8. The molecule has 3 aromatic rings. The predicted molar refractivity (Wildman–Crippen MR) is 117 cm³/mol. The molecule has 0 bridgehead atoms. The van der Waals surface area contributed by atoms with Crippen molar-refractivity contribution in [2.75, 3.05) is 0 Å². The molecule has 0 unspecified atom stereocenters. The smallest absolute Gasteiger partial charge is 0.335 e. The number of aliphatic hydroxyl groups excluding tert-OH is 1. The summed E-state index contributed by atoms with van der Waals surface area (Å²) in [6.45, 7) is 0. The molecule has 0 aliphatic rings. The molecule has 0 aliphatic carbocycles. The number of pyridine rings is 1. The second kappa shape index (κ2) is 10.0. The molecule has 164 valence electrons. The Kier molecular flexibility index (Phi) is 7.19. The molecule has 2 aromatic carbocycles. The Morgan fingerprint density at radius 1 is 0.938 bits per heavy atom. The molecule has 0 spiro atoms. The maximum Gasteiger partial charge on any atom is 0.335 e. The number of aromatic carboxylic acids is 1. The van der Waals surface area contributed by atoms with E-state index in [0.717, 1.165) is 0 Å². The normalized spacial score (nSPS) is 12.6. The largest absolute Gasteiger partial charge is 0.479 e. The molecule has 2 atom stereocenters. The van der Waals surface area contributed by atoms with Gasteiger partial charge in [0, 0.05) is 23.0 Å². The summed E-state index contributed by atoms with van der Waals surface area (Å²) in [6, 6.07) is 13.2. The van der Waals surface area contributed by atoms with Crippen LogP contribution in [-0.2, 0) is 11.2 Å². The van der Waals surface area contributed by atoms with Crippen LogP contribution in [0.25, 0.3) is 11.1 Å². The number of nitrogens with zero attached hydrogens (tertiary/aromatic N) is 1. The third-order valence-electron chi connectivity index (χ3n) is 4.79. The zero-order chi connectivity index (χ0) is 23.3. The minimum Gasteiger partial charge on any atom is -0.479 e. The zero-order valence-electron chi connectivity index (χ0n) is 16.6. The number of rotatable bonds is 8. The molecular formula is C23H19ClN2O6. The van der Waals surface area contributed by atoms with Crippen molar-refractivity contribution in [1.82, 2.24) is 10.3 Å². The standard InChI is InChI=1S/C23H19ClN2O6/c24-18-7-2-1-4-14(18)10-19(20(27)23(31)32)26-21(28)17-9-16(11-25-12-17)13-5-3-6-15(8-13)22(29)30/h1-9,11-12,19-20,27H,10H2,(H,26,28)(H,29,30)(H,31,32)/t19-,20-/m1/s1. The van der Waals surface area contributed by atoms with E-state index in [0.29, 0.717) is 21.7 Å². The number of aromatic nitrogens is 1. The number of carboxylic acids is 2. The molecule has 0 saturated heterocycles. The Morgan fingerprint density at radius 2 is 1.66 bits per heavy atom. The summed E-state index contributed by atoms with van der Waals surface area (Å²) in [5.41, 5.74) is 1.82. The molecule has 4 N–H and O–H groups in total. The number of aliphatic carboxylic acids is 1. The van der Waals surface area contributed by atoms with Gasteiger partial charge < -0.3 is 20.6 Å². The van der Waals surface area contributed by atoms with Gasteiger partial charge in [-0.15, -0.1) is 0 Å². The topological polar surface area (TPSA) is 137 Å². The van der Waals surface area contributed by atoms with E-state index in [1.165, 1.54) is 30.6 Å². The van der Waals surface area contributed by atoms with Gasteiger partial charge in [0.15, 0.2) is 6.10 Å². The number of carboxylic acid groups (broad SMARTS) is 2. The van der Waals surface area contributed by atoms with Gasteiger partial charge in [0.25, 0.3) is 5.91 Å². The average molecular weight is 455 g/mol. The molecule has 1 heterocycles. The van der Waals surface area contributed by atoms with E-state index in [1.54, 1.807) is 36.4 Å². The number of nitrogens with one attached hydrogen (secondary N) is 1. The summed E-state index contributed by atoms with van der Waals surface area (Å²) in [7, 11) is 0. The quantitative estimate of drug-likeness (QED) is 0.410. The third-order valence-corrected chi connectivity index (χ3v) is 5.16. The van der Waals surface area contributed by atoms with E-state index in [4.69, 9.17) is 11.6 Å². The first-order chi connectivity index (χ1) is 15.3. The summed E-state index contributed by atoms with van der Waals surface area (Å²) < 4.78 is 0. The van der Waals surface area contributed by atoms with Crippen molar-refractivity contribution in [2.24, 2.45) is 0 Å². The lowest BCUT2D eigenvalue weighted by Gasteiger charge is -2.22. The first kappa shape index (κ1) is 22.9. The molecule has 3 rings (SSSR count). The van der Waals surface area contributed by atoms with Crippen LogP contribution in [0.2, 0.25) is 5.02 Å². The van der Waals surface area contributed by atoms with Crippen molar-refractivity contribution >= 4 is 29.4 Å². The number of carbonyl (C=O) groups is 3. The van der Waals surface area contributed by atoms with Gasteiger partial charge in [-0.25, -0.2) is 9.59 Å². The van der Waals surface area contributed by atoms with Crippen LogP contribution in [0.4, 0.5) is 0 Å². The summed E-state index contributed by atoms with van der Waals surface area (Å²) in [5, 5.41) is 31.5. The van der Waals surface area contributed by atoms with Crippen molar-refractivity contribution in [3.63, 3.8) is 0 Å². The Balaban J connectivity index is 1.86. The van der Waals surface area contributed by atoms with Crippen molar-refractivity contribution in [3.8, 4) is 11.1 Å². The maximum atomic E-state index is 12.8. The van der Waals surface area contributed by atoms with Crippen molar-refractivity contribution < 1.29 is 29.7 Å². The predicted octanol–water partition coefficient (Wildman–Crippen LogP) is 2.89. The van der Waals surface area contributed by atoms with Crippen molar-refractivity contribution in [3.05, 3.63) is 88.7 Å². The van der Waals surface area contributed by atoms with E-state index in [1.807, 2.05) is 0 Å². The van der Waals surface area contributed by atoms with Gasteiger partial charge in [-0.2, -0.15) is 0 Å². The van der Waals surface area contributed by atoms with Crippen LogP contribution in [-0.4, -0.2) is 50.3 Å². The van der Waals surface area contributed by atoms with E-state index in [9.17, 15) is 29.7 Å². The lowest BCUT2D eigenvalue weighted by Crippen LogP contribution is -2.48. The number of carbonyl (C=O) groups excluding carboxylic acids is 1. The highest BCUT2D eigenvalue weighted by Gasteiger charge is 2.28. The van der Waals surface area contributed by atoms with E-state index >= 15 is 0 Å². The molecule has 9 heteroatoms. The summed E-state index contributed by atoms with van der Waals surface area (Å²) in [5.74, 6) is -3.22. The monoisotopic (exact) mass is 454 g/mol. The van der Waals surface area contributed by atoms with Crippen LogP contribution >= 0.6 is 11.6 Å². The molecule has 0 fully saturated rings. The molecule has 0 saturated carbocycles. The van der Waals surface area contributed by atoms with E-state index in [-0.39, 0.29) is 17.5 Å². The zero-order valence-corrected chi connectivity index (χ0v) is 17.4. The Bertz CT molecular complexity index is 1170. The SMILES string of the molecule is O=C(O)c1cccc(-c2cncc(C(=O)N[C@H](Cc3ccccc3Cl)[C@@H](O)C(=O)O)c2)c1. The minimum atomic E-state index is -1.86. The molecule has 8 nitrogen and oxygen atoms in total. The van der Waals surface area contributed by atoms with Crippen LogP contribution in [0.15, 0.2) is 67.0 Å². The van der Waals surface area contributed by atoms with Crippen LogP contribution in [0.5, 0.6) is 0 Å². The van der Waals surface area contributed by atoms with E-state index < -0.39 is 30.0 Å². The molecular weight excluding hydrogens is 436 g/mol. The van der Waals surface area contributed by atoms with Gasteiger partial charge in [-0.1, -0.05) is 41.9 Å². The second-order valence-corrected chi connectivity index (χ2v) is 7.41.